The number of hydrogen-bond donors (Lipinski definition) is 24. The van der Waals surface area contributed by atoms with Gasteiger partial charge in [-0.3, -0.25) is 24.0 Å². The van der Waals surface area contributed by atoms with Crippen LogP contribution in [0.25, 0.3) is 0 Å². The molecule has 39 heteroatoms. The van der Waals surface area contributed by atoms with Crippen molar-refractivity contribution in [1.29, 1.82) is 0 Å². The third-order valence-electron chi connectivity index (χ3n) is 15.1. The average Bonchev–Trinajstić information content (AvgIpc) is 1.95. The monoisotopic (exact) mass is 1300 g/mol. The molecule has 0 bridgehead atoms. The maximum absolute atomic E-state index is 13.3. The maximum Gasteiger partial charge on any atom is 0.242 e. The molecule has 0 spiro atoms. The molecule has 0 aliphatic carbocycles. The topological polar surface area (TPSA) is 628 Å². The molecule has 0 radical (unpaired) electrons. The molecule has 25 N–H and O–H groups in total. The Morgan fingerprint density at radius 3 is 1.20 bits per heavy atom. The Bertz CT molecular complexity index is 2150. The lowest BCUT2D eigenvalue weighted by Gasteiger charge is -2.46. The second kappa shape index (κ2) is 37.2. The standard InChI is InChI=1S/C50H88N6O33/c51-19(3-5-26(61)52-9-12-82-49-42(77)43(89-50-41(76)37(72)32(67)24(17-60)87-50)33(68)25(88-49)18-83-48-40(75)36(71)31(66)23(16-59)86-48)44(78)54-7-1-2-28(63)56-20(45(79)55-10-13-81-47-39(74)35(70)30(65)22(15-58)85-47)4-6-27(62)53-8-11-80-46-38(73)34(69)29(64)21(14-57)84-46/h19-25,29-43,46-50,57-60,64-77H,1-18,51H2,(H,52,61)(H,53,62)(H,54,78)(H,55,79)(H,56,63)/t19?,20-,21+,22+,23+,24+,25+,29+,30+,31+,32+,33+,34-,35-,36-,37-,38-,39-,40-,41-,42-,43-,46-,47-,48-,49-,50+/m0/s1. The van der Waals surface area contributed by atoms with Crippen LogP contribution in [0, 0.1) is 0 Å². The zero-order valence-corrected chi connectivity index (χ0v) is 48.1. The highest BCUT2D eigenvalue weighted by Gasteiger charge is 2.53. The fraction of sp³-hybridized carbons (Fsp3) is 0.900. The summed E-state index contributed by atoms with van der Waals surface area (Å²) in [6, 6.07) is -2.57. The molecule has 516 valence electrons. The van der Waals surface area contributed by atoms with Crippen LogP contribution in [0.2, 0.25) is 0 Å². The largest absolute Gasteiger partial charge is 0.394 e. The molecular formula is C50H88N6O33. The van der Waals surface area contributed by atoms with E-state index in [0.717, 1.165) is 0 Å². The van der Waals surface area contributed by atoms with E-state index in [1.54, 1.807) is 0 Å². The molecule has 5 aliphatic heterocycles. The summed E-state index contributed by atoms with van der Waals surface area (Å²) in [5.74, 6) is -3.45. The van der Waals surface area contributed by atoms with Gasteiger partial charge in [0, 0.05) is 45.4 Å². The summed E-state index contributed by atoms with van der Waals surface area (Å²) in [7, 11) is 0. The van der Waals surface area contributed by atoms with E-state index in [1.807, 2.05) is 0 Å². The Kier molecular flexibility index (Phi) is 31.7. The first-order valence-electron chi connectivity index (χ1n) is 28.8. The van der Waals surface area contributed by atoms with Gasteiger partial charge in [-0.1, -0.05) is 0 Å². The molecule has 0 aromatic rings. The van der Waals surface area contributed by atoms with E-state index in [2.05, 4.69) is 26.6 Å². The zero-order valence-electron chi connectivity index (χ0n) is 48.1. The van der Waals surface area contributed by atoms with E-state index in [1.165, 1.54) is 0 Å². The summed E-state index contributed by atoms with van der Waals surface area (Å²) >= 11 is 0. The van der Waals surface area contributed by atoms with E-state index in [0.29, 0.717) is 0 Å². The fourth-order valence-corrected chi connectivity index (χ4v) is 9.68. The highest BCUT2D eigenvalue weighted by atomic mass is 16.8. The minimum Gasteiger partial charge on any atom is -0.394 e. The molecule has 0 aromatic heterocycles. The van der Waals surface area contributed by atoms with E-state index < -0.39 is 235 Å². The van der Waals surface area contributed by atoms with Crippen LogP contribution in [-0.2, 0) is 71.3 Å². The summed E-state index contributed by atoms with van der Waals surface area (Å²) in [5, 5.41) is 196. The smallest absolute Gasteiger partial charge is 0.242 e. The molecule has 5 aliphatic rings. The van der Waals surface area contributed by atoms with Crippen LogP contribution in [0.15, 0.2) is 0 Å². The number of aliphatic hydroxyl groups is 18. The van der Waals surface area contributed by atoms with Gasteiger partial charge in [-0.2, -0.15) is 0 Å². The highest BCUT2D eigenvalue weighted by Crippen LogP contribution is 2.31. The molecule has 5 rings (SSSR count). The number of amides is 5. The maximum atomic E-state index is 13.3. The van der Waals surface area contributed by atoms with Crippen molar-refractivity contribution in [3.63, 3.8) is 0 Å². The summed E-state index contributed by atoms with van der Waals surface area (Å²) in [5.41, 5.74) is 6.01. The second-order valence-electron chi connectivity index (χ2n) is 21.5. The first-order chi connectivity index (χ1) is 42.3. The predicted molar refractivity (Wildman–Crippen MR) is 284 cm³/mol. The van der Waals surface area contributed by atoms with Gasteiger partial charge in [0.15, 0.2) is 31.5 Å². The Morgan fingerprint density at radius 2 is 0.753 bits per heavy atom. The van der Waals surface area contributed by atoms with Crippen LogP contribution in [0.1, 0.15) is 38.5 Å². The molecule has 0 aromatic carbocycles. The third-order valence-corrected chi connectivity index (χ3v) is 15.1. The quantitative estimate of drug-likeness (QED) is 0.0266. The lowest BCUT2D eigenvalue weighted by atomic mass is 9.96. The highest BCUT2D eigenvalue weighted by molar-refractivity contribution is 5.88. The molecule has 89 heavy (non-hydrogen) atoms. The minimum atomic E-state index is -1.99. The van der Waals surface area contributed by atoms with Gasteiger partial charge in [0.05, 0.1) is 58.9 Å². The summed E-state index contributed by atoms with van der Waals surface area (Å²) in [4.78, 5) is 64.9. The van der Waals surface area contributed by atoms with Crippen LogP contribution >= 0.6 is 0 Å². The Labute approximate surface area is 507 Å². The van der Waals surface area contributed by atoms with E-state index in [4.69, 9.17) is 53.1 Å². The van der Waals surface area contributed by atoms with Gasteiger partial charge in [-0.25, -0.2) is 0 Å². The molecule has 5 fully saturated rings. The molecule has 5 amide bonds. The van der Waals surface area contributed by atoms with E-state index in [9.17, 15) is 116 Å². The van der Waals surface area contributed by atoms with Crippen LogP contribution in [0.3, 0.4) is 0 Å². The van der Waals surface area contributed by atoms with Crippen molar-refractivity contribution >= 4 is 29.5 Å². The molecule has 5 saturated heterocycles. The fourth-order valence-electron chi connectivity index (χ4n) is 9.68. The number of rotatable bonds is 34. The van der Waals surface area contributed by atoms with Crippen molar-refractivity contribution < 1.29 is 163 Å². The average molecular weight is 1300 g/mol. The van der Waals surface area contributed by atoms with E-state index in [-0.39, 0.29) is 77.9 Å². The Morgan fingerprint density at radius 1 is 0.382 bits per heavy atom. The van der Waals surface area contributed by atoms with Gasteiger partial charge in [-0.05, 0) is 19.3 Å². The number of carbonyl (C=O) groups is 5. The summed E-state index contributed by atoms with van der Waals surface area (Å²) < 4.78 is 54.5. The summed E-state index contributed by atoms with van der Waals surface area (Å²) in [6.45, 7) is -5.62. The number of carbonyl (C=O) groups excluding carboxylic acids is 5. The van der Waals surface area contributed by atoms with Gasteiger partial charge in [-0.15, -0.1) is 0 Å². The molecule has 27 atom stereocenters. The predicted octanol–water partition coefficient (Wildman–Crippen LogP) is -15.3. The number of hydrogen-bond acceptors (Lipinski definition) is 34. The molecule has 0 saturated carbocycles. The Hall–Kier alpha value is -3.81. The molecule has 5 heterocycles. The minimum absolute atomic E-state index is 0.00595. The van der Waals surface area contributed by atoms with Gasteiger partial charge in [0.2, 0.25) is 29.5 Å². The van der Waals surface area contributed by atoms with Crippen molar-refractivity contribution in [2.75, 3.05) is 79.0 Å². The van der Waals surface area contributed by atoms with Crippen molar-refractivity contribution in [3.05, 3.63) is 0 Å². The van der Waals surface area contributed by atoms with Gasteiger partial charge in [0.1, 0.15) is 128 Å². The molecule has 1 unspecified atom stereocenters. The molecule has 39 nitrogen and oxygen atoms in total. The van der Waals surface area contributed by atoms with Crippen LogP contribution < -0.4 is 32.3 Å². The van der Waals surface area contributed by atoms with Crippen LogP contribution in [-0.4, -0.2) is 366 Å². The number of nitrogens with one attached hydrogen (secondary N) is 5. The number of ether oxygens (including phenoxy) is 10. The lowest BCUT2D eigenvalue weighted by Crippen LogP contribution is -2.65. The normalized spacial score (nSPS) is 38.2. The number of aliphatic hydroxyl groups excluding tert-OH is 18. The first-order valence-corrected chi connectivity index (χ1v) is 28.8. The van der Waals surface area contributed by atoms with Crippen molar-refractivity contribution in [3.8, 4) is 0 Å². The van der Waals surface area contributed by atoms with Crippen molar-refractivity contribution in [2.45, 2.75) is 204 Å². The SMILES string of the molecule is NC(CCC(=O)NCCO[C@H]1O[C@H](CO[C@H]2O[C@H](CO)[C@@H](O)[C@H](O)[C@@H]2O)[C@@H](O)[C@H](O[C@H]2O[C@H](CO)[C@@H](O)[C@H](O)[C@@H]2O)[C@@H]1O)C(=O)NCCCC(=O)N[C@@H](CCC(=O)NCCO[C@H]1O[C@H](CO)[C@@H](O)[C@H](O)[C@@H]1O)C(=O)NCCO[C@H]1O[C@H](CO)[C@@H](O)[C@H](O)[C@@H]1O. The number of nitrogens with two attached hydrogens (primary N) is 1. The van der Waals surface area contributed by atoms with Crippen molar-refractivity contribution in [2.24, 2.45) is 5.73 Å². The van der Waals surface area contributed by atoms with Crippen LogP contribution in [0.5, 0.6) is 0 Å². The van der Waals surface area contributed by atoms with Crippen molar-refractivity contribution in [1.82, 2.24) is 26.6 Å². The van der Waals surface area contributed by atoms with Gasteiger partial charge in [0.25, 0.3) is 0 Å². The van der Waals surface area contributed by atoms with Crippen LogP contribution in [0.4, 0.5) is 0 Å². The second-order valence-corrected chi connectivity index (χ2v) is 21.5. The lowest BCUT2D eigenvalue weighted by molar-refractivity contribution is -0.366. The molecular weight excluding hydrogens is 1210 g/mol. The zero-order chi connectivity index (χ0) is 65.8. The summed E-state index contributed by atoms with van der Waals surface area (Å²) in [6.07, 6.45) is -43.5. The third kappa shape index (κ3) is 21.4. The Balaban J connectivity index is 1.05. The van der Waals surface area contributed by atoms with E-state index >= 15 is 0 Å². The van der Waals surface area contributed by atoms with Gasteiger partial charge >= 0.3 is 0 Å². The first kappa shape index (κ1) is 75.9. The van der Waals surface area contributed by atoms with Gasteiger partial charge < -0.3 is 172 Å².